The average Bonchev–Trinajstić information content (AvgIpc) is 3.10. The Kier molecular flexibility index (Phi) is 4.88. The quantitative estimate of drug-likeness (QED) is 0.510. The van der Waals surface area contributed by atoms with E-state index in [1.165, 1.54) is 5.56 Å². The lowest BCUT2D eigenvalue weighted by Crippen LogP contribution is -2.12. The minimum Gasteiger partial charge on any atom is -0.342 e. The highest BCUT2D eigenvalue weighted by Gasteiger charge is 2.13. The van der Waals surface area contributed by atoms with Gasteiger partial charge in [-0.1, -0.05) is 36.4 Å². The van der Waals surface area contributed by atoms with E-state index < -0.39 is 10.0 Å². The van der Waals surface area contributed by atoms with E-state index in [0.717, 1.165) is 35.3 Å². The second-order valence-electron chi connectivity index (χ2n) is 6.82. The van der Waals surface area contributed by atoms with Gasteiger partial charge in [-0.25, -0.2) is 13.4 Å². The van der Waals surface area contributed by atoms with E-state index in [2.05, 4.69) is 33.7 Å². The van der Waals surface area contributed by atoms with E-state index >= 15 is 0 Å². The third-order valence-corrected chi connectivity index (χ3v) is 5.99. The Morgan fingerprint density at radius 3 is 2.43 bits per heavy atom. The lowest BCUT2D eigenvalue weighted by Gasteiger charge is -2.08. The van der Waals surface area contributed by atoms with Crippen molar-refractivity contribution in [3.8, 4) is 0 Å². The molecule has 3 aromatic carbocycles. The molecule has 0 spiro atoms. The molecule has 0 atom stereocenters. The molecule has 1 heterocycles. The molecule has 28 heavy (non-hydrogen) atoms. The van der Waals surface area contributed by atoms with Gasteiger partial charge >= 0.3 is 0 Å². The molecular formula is C22H21N3O2S. The van der Waals surface area contributed by atoms with Gasteiger partial charge in [0.05, 0.1) is 15.9 Å². The second kappa shape index (κ2) is 7.48. The van der Waals surface area contributed by atoms with Crippen molar-refractivity contribution in [3.63, 3.8) is 0 Å². The molecule has 0 bridgehead atoms. The number of fused-ring (bicyclic) bond motifs is 1. The number of H-pyrrole nitrogens is 1. The van der Waals surface area contributed by atoms with Crippen LogP contribution in [0, 0.1) is 6.92 Å². The van der Waals surface area contributed by atoms with Gasteiger partial charge in [-0.2, -0.15) is 0 Å². The van der Waals surface area contributed by atoms with Gasteiger partial charge in [0.15, 0.2) is 0 Å². The Balaban J connectivity index is 1.41. The fraction of sp³-hybridized carbons (Fsp3) is 0.136. The van der Waals surface area contributed by atoms with Gasteiger partial charge in [-0.15, -0.1) is 0 Å². The predicted molar refractivity (Wildman–Crippen MR) is 112 cm³/mol. The largest absolute Gasteiger partial charge is 0.342 e. The molecule has 0 unspecified atom stereocenters. The van der Waals surface area contributed by atoms with Gasteiger partial charge in [0.2, 0.25) is 0 Å². The lowest BCUT2D eigenvalue weighted by molar-refractivity contribution is 0.601. The molecule has 1 aromatic heterocycles. The van der Waals surface area contributed by atoms with Crippen molar-refractivity contribution < 1.29 is 8.42 Å². The third kappa shape index (κ3) is 4.07. The number of aromatic amines is 1. The molecule has 6 heteroatoms. The molecule has 4 rings (SSSR count). The Bertz CT molecular complexity index is 1200. The molecule has 0 saturated heterocycles. The summed E-state index contributed by atoms with van der Waals surface area (Å²) in [4.78, 5) is 8.24. The molecule has 5 nitrogen and oxygen atoms in total. The molecule has 0 aliphatic heterocycles. The van der Waals surface area contributed by atoms with E-state index in [4.69, 9.17) is 0 Å². The summed E-state index contributed by atoms with van der Waals surface area (Å²) >= 11 is 0. The van der Waals surface area contributed by atoms with E-state index in [-0.39, 0.29) is 4.90 Å². The van der Waals surface area contributed by atoms with Crippen molar-refractivity contribution in [3.05, 3.63) is 89.7 Å². The lowest BCUT2D eigenvalue weighted by atomic mass is 10.1. The minimum absolute atomic E-state index is 0.249. The van der Waals surface area contributed by atoms with Crippen LogP contribution in [0.2, 0.25) is 0 Å². The van der Waals surface area contributed by atoms with Crippen molar-refractivity contribution >= 4 is 26.7 Å². The monoisotopic (exact) mass is 391 g/mol. The van der Waals surface area contributed by atoms with Crippen molar-refractivity contribution in [1.82, 2.24) is 9.97 Å². The molecule has 0 aliphatic rings. The Morgan fingerprint density at radius 2 is 1.68 bits per heavy atom. The number of rotatable bonds is 6. The molecular weight excluding hydrogens is 370 g/mol. The number of nitrogens with one attached hydrogen (secondary N) is 2. The van der Waals surface area contributed by atoms with E-state index in [1.807, 2.05) is 18.2 Å². The van der Waals surface area contributed by atoms with Gasteiger partial charge in [0.1, 0.15) is 5.82 Å². The molecule has 0 aliphatic carbocycles. The fourth-order valence-corrected chi connectivity index (χ4v) is 4.19. The highest BCUT2D eigenvalue weighted by molar-refractivity contribution is 7.92. The van der Waals surface area contributed by atoms with Gasteiger partial charge in [0, 0.05) is 12.1 Å². The van der Waals surface area contributed by atoms with Crippen LogP contribution in [-0.4, -0.2) is 18.4 Å². The molecule has 0 fully saturated rings. The summed E-state index contributed by atoms with van der Waals surface area (Å²) in [6.07, 6.45) is 1.62. The maximum absolute atomic E-state index is 12.4. The molecule has 2 N–H and O–H groups in total. The van der Waals surface area contributed by atoms with Gasteiger partial charge in [-0.05, 0) is 60.9 Å². The Morgan fingerprint density at radius 1 is 0.929 bits per heavy atom. The van der Waals surface area contributed by atoms with Crippen LogP contribution in [0.15, 0.2) is 77.7 Å². The number of hydrogen-bond donors (Lipinski definition) is 2. The van der Waals surface area contributed by atoms with Crippen LogP contribution in [-0.2, 0) is 22.9 Å². The number of anilines is 1. The molecule has 4 aromatic rings. The third-order valence-electron chi connectivity index (χ3n) is 4.60. The summed E-state index contributed by atoms with van der Waals surface area (Å²) in [6, 6.07) is 22.0. The van der Waals surface area contributed by atoms with E-state index in [9.17, 15) is 8.42 Å². The molecule has 0 amide bonds. The minimum atomic E-state index is -3.56. The van der Waals surface area contributed by atoms with Crippen LogP contribution in [0.25, 0.3) is 11.0 Å². The predicted octanol–water partition coefficient (Wildman–Crippen LogP) is 4.46. The summed E-state index contributed by atoms with van der Waals surface area (Å²) in [5, 5.41) is 0. The van der Waals surface area contributed by atoms with E-state index in [0.29, 0.717) is 5.69 Å². The van der Waals surface area contributed by atoms with Crippen LogP contribution in [0.4, 0.5) is 5.69 Å². The smallest absolute Gasteiger partial charge is 0.261 e. The summed E-state index contributed by atoms with van der Waals surface area (Å²) in [7, 11) is -3.56. The van der Waals surface area contributed by atoms with Crippen LogP contribution >= 0.6 is 0 Å². The summed E-state index contributed by atoms with van der Waals surface area (Å²) in [5.41, 5.74) is 4.91. The topological polar surface area (TPSA) is 74.8 Å². The molecule has 0 saturated carbocycles. The van der Waals surface area contributed by atoms with Crippen molar-refractivity contribution in [2.24, 2.45) is 0 Å². The SMILES string of the molecule is Cc1ccc2nc(CCc3ccc(NS(=O)(=O)c4ccccc4)cc3)[nH]c2c1. The summed E-state index contributed by atoms with van der Waals surface area (Å²) < 4.78 is 27.4. The first-order chi connectivity index (χ1) is 13.5. The zero-order valence-electron chi connectivity index (χ0n) is 15.5. The van der Waals surface area contributed by atoms with Crippen molar-refractivity contribution in [2.75, 3.05) is 4.72 Å². The standard InChI is InChI=1S/C22H21N3O2S/c1-16-7-13-20-21(15-16)24-22(23-20)14-10-17-8-11-18(12-9-17)25-28(26,27)19-5-3-2-4-6-19/h2-9,11-13,15,25H,10,14H2,1H3,(H,23,24). The molecule has 0 radical (unpaired) electrons. The van der Waals surface area contributed by atoms with Gasteiger partial charge < -0.3 is 4.98 Å². The number of imidazole rings is 1. The number of aromatic nitrogens is 2. The van der Waals surface area contributed by atoms with Crippen LogP contribution in [0.3, 0.4) is 0 Å². The number of hydrogen-bond acceptors (Lipinski definition) is 3. The zero-order chi connectivity index (χ0) is 19.6. The van der Waals surface area contributed by atoms with Crippen molar-refractivity contribution in [1.29, 1.82) is 0 Å². The first-order valence-electron chi connectivity index (χ1n) is 9.12. The van der Waals surface area contributed by atoms with E-state index in [1.54, 1.807) is 42.5 Å². The van der Waals surface area contributed by atoms with Crippen molar-refractivity contribution in [2.45, 2.75) is 24.7 Å². The van der Waals surface area contributed by atoms with Crippen LogP contribution in [0.1, 0.15) is 17.0 Å². The number of nitrogens with zero attached hydrogens (tertiary/aromatic N) is 1. The summed E-state index contributed by atoms with van der Waals surface area (Å²) in [5.74, 6) is 0.953. The summed E-state index contributed by atoms with van der Waals surface area (Å²) in [6.45, 7) is 2.06. The maximum atomic E-state index is 12.4. The normalized spacial score (nSPS) is 11.6. The first-order valence-corrected chi connectivity index (χ1v) is 10.6. The first kappa shape index (κ1) is 18.3. The van der Waals surface area contributed by atoms with Crippen LogP contribution < -0.4 is 4.72 Å². The van der Waals surface area contributed by atoms with Gasteiger partial charge in [0.25, 0.3) is 10.0 Å². The second-order valence-corrected chi connectivity index (χ2v) is 8.50. The number of sulfonamides is 1. The Hall–Kier alpha value is -3.12. The molecule has 142 valence electrons. The number of benzene rings is 3. The highest BCUT2D eigenvalue weighted by Crippen LogP contribution is 2.18. The average molecular weight is 391 g/mol. The Labute approximate surface area is 164 Å². The van der Waals surface area contributed by atoms with Gasteiger partial charge in [-0.3, -0.25) is 4.72 Å². The fourth-order valence-electron chi connectivity index (χ4n) is 3.11. The zero-order valence-corrected chi connectivity index (χ0v) is 16.3. The highest BCUT2D eigenvalue weighted by atomic mass is 32.2. The number of aryl methyl sites for hydroxylation is 3. The maximum Gasteiger partial charge on any atom is 0.261 e. The van der Waals surface area contributed by atoms with Crippen LogP contribution in [0.5, 0.6) is 0 Å².